The first-order valence-corrected chi connectivity index (χ1v) is 6.79. The number of carbonyl (C=O) groups is 1. The van der Waals surface area contributed by atoms with E-state index in [1.165, 1.54) is 18.3 Å². The number of nitrogens with one attached hydrogen (secondary N) is 2. The Hall–Kier alpha value is -3.00. The summed E-state index contributed by atoms with van der Waals surface area (Å²) in [7, 11) is 3.96. The highest BCUT2D eigenvalue weighted by molar-refractivity contribution is 5.93. The minimum absolute atomic E-state index is 0.238. The predicted octanol–water partition coefficient (Wildman–Crippen LogP) is 1.22. The van der Waals surface area contributed by atoms with Gasteiger partial charge in [-0.3, -0.25) is 9.59 Å². The first-order chi connectivity index (χ1) is 10.6. The number of hydrogen-bond donors (Lipinski definition) is 2. The fourth-order valence-electron chi connectivity index (χ4n) is 1.77. The van der Waals surface area contributed by atoms with E-state index in [9.17, 15) is 9.59 Å². The molecule has 0 atom stereocenters. The third-order valence-electron chi connectivity index (χ3n) is 3.00. The van der Waals surface area contributed by atoms with Gasteiger partial charge >= 0.3 is 0 Å². The Morgan fingerprint density at radius 3 is 2.50 bits per heavy atom. The summed E-state index contributed by atoms with van der Waals surface area (Å²) in [4.78, 5) is 27.2. The third kappa shape index (κ3) is 4.25. The lowest BCUT2D eigenvalue weighted by Crippen LogP contribution is -2.24. The lowest BCUT2D eigenvalue weighted by Gasteiger charge is -2.11. The van der Waals surface area contributed by atoms with Crippen molar-refractivity contribution in [1.29, 1.82) is 0 Å². The monoisotopic (exact) mass is 295 g/mol. The van der Waals surface area contributed by atoms with E-state index in [4.69, 9.17) is 0 Å². The van der Waals surface area contributed by atoms with Gasteiger partial charge in [0, 0.05) is 37.6 Å². The van der Waals surface area contributed by atoms with Crippen LogP contribution in [-0.2, 0) is 0 Å². The van der Waals surface area contributed by atoms with Crippen molar-refractivity contribution in [2.24, 2.45) is 0 Å². The molecular weight excluding hydrogens is 278 g/mol. The highest BCUT2D eigenvalue weighted by Crippen LogP contribution is 2.11. The zero-order chi connectivity index (χ0) is 15.9. The molecule has 1 aromatic heterocycles. The van der Waals surface area contributed by atoms with Crippen LogP contribution in [0.25, 0.3) is 0 Å². The molecule has 112 valence electrons. The molecule has 0 saturated heterocycles. The molecule has 0 unspecified atom stereocenters. The van der Waals surface area contributed by atoms with Gasteiger partial charge in [-0.1, -0.05) is 11.8 Å². The fraction of sp³-hybridized carbons (Fsp3) is 0.176. The maximum atomic E-state index is 11.8. The molecule has 5 nitrogen and oxygen atoms in total. The summed E-state index contributed by atoms with van der Waals surface area (Å²) < 4.78 is 0. The van der Waals surface area contributed by atoms with Gasteiger partial charge in [0.05, 0.1) is 12.1 Å². The molecule has 0 aliphatic carbocycles. The van der Waals surface area contributed by atoms with Gasteiger partial charge < -0.3 is 15.2 Å². The van der Waals surface area contributed by atoms with Crippen molar-refractivity contribution in [3.63, 3.8) is 0 Å². The summed E-state index contributed by atoms with van der Waals surface area (Å²) >= 11 is 0. The summed E-state index contributed by atoms with van der Waals surface area (Å²) in [5.41, 5.74) is 2.16. The zero-order valence-corrected chi connectivity index (χ0v) is 12.5. The van der Waals surface area contributed by atoms with Crippen LogP contribution in [0.5, 0.6) is 0 Å². The molecule has 1 aromatic carbocycles. The molecule has 0 saturated carbocycles. The number of amides is 1. The van der Waals surface area contributed by atoms with Gasteiger partial charge in [-0.05, 0) is 30.3 Å². The quantitative estimate of drug-likeness (QED) is 0.837. The predicted molar refractivity (Wildman–Crippen MR) is 87.0 cm³/mol. The molecule has 2 rings (SSSR count). The van der Waals surface area contributed by atoms with Crippen molar-refractivity contribution in [2.45, 2.75) is 0 Å². The van der Waals surface area contributed by atoms with Crippen LogP contribution in [0.1, 0.15) is 15.9 Å². The highest BCUT2D eigenvalue weighted by atomic mass is 16.1. The molecule has 1 amide bonds. The standard InChI is InChI=1S/C17H17N3O2/c1-20(2)15-8-5-13(6-9-15)4-3-11-18-17(22)14-7-10-16(21)19-12-14/h5-10,12H,11H2,1-2H3,(H,18,22)(H,19,21). The summed E-state index contributed by atoms with van der Waals surface area (Å²) in [6, 6.07) is 10.6. The normalized spacial score (nSPS) is 9.55. The van der Waals surface area contributed by atoms with Crippen LogP contribution in [0.4, 0.5) is 5.69 Å². The number of anilines is 1. The largest absolute Gasteiger partial charge is 0.378 e. The lowest BCUT2D eigenvalue weighted by atomic mass is 10.2. The van der Waals surface area contributed by atoms with Crippen LogP contribution < -0.4 is 15.8 Å². The van der Waals surface area contributed by atoms with Crippen LogP contribution in [0.3, 0.4) is 0 Å². The second-order valence-corrected chi connectivity index (χ2v) is 4.87. The maximum absolute atomic E-state index is 11.8. The average Bonchev–Trinajstić information content (AvgIpc) is 2.52. The van der Waals surface area contributed by atoms with Crippen LogP contribution in [-0.4, -0.2) is 31.5 Å². The topological polar surface area (TPSA) is 65.2 Å². The second kappa shape index (κ2) is 7.14. The molecule has 0 fully saturated rings. The van der Waals surface area contributed by atoms with Gasteiger partial charge in [0.1, 0.15) is 0 Å². The first kappa shape index (κ1) is 15.4. The van der Waals surface area contributed by atoms with Gasteiger partial charge in [0.25, 0.3) is 5.91 Å². The van der Waals surface area contributed by atoms with Crippen LogP contribution in [0.2, 0.25) is 0 Å². The van der Waals surface area contributed by atoms with E-state index in [0.717, 1.165) is 11.3 Å². The molecular formula is C17H17N3O2. The molecule has 1 heterocycles. The Labute approximate surface area is 129 Å². The number of carbonyl (C=O) groups excluding carboxylic acids is 1. The lowest BCUT2D eigenvalue weighted by molar-refractivity contribution is 0.0958. The summed E-state index contributed by atoms with van der Waals surface area (Å²) in [5.74, 6) is 5.61. The number of benzene rings is 1. The number of rotatable bonds is 3. The fourth-order valence-corrected chi connectivity index (χ4v) is 1.77. The maximum Gasteiger partial charge on any atom is 0.253 e. The van der Waals surface area contributed by atoms with E-state index in [0.29, 0.717) is 5.56 Å². The van der Waals surface area contributed by atoms with Gasteiger partial charge in [-0.25, -0.2) is 0 Å². The molecule has 0 radical (unpaired) electrons. The Morgan fingerprint density at radius 2 is 1.91 bits per heavy atom. The molecule has 0 spiro atoms. The van der Waals surface area contributed by atoms with E-state index < -0.39 is 0 Å². The van der Waals surface area contributed by atoms with Crippen LogP contribution >= 0.6 is 0 Å². The number of aromatic nitrogens is 1. The molecule has 0 aliphatic rings. The SMILES string of the molecule is CN(C)c1ccc(C#CCNC(=O)c2ccc(=O)[nH]c2)cc1. The van der Waals surface area contributed by atoms with E-state index >= 15 is 0 Å². The zero-order valence-electron chi connectivity index (χ0n) is 12.5. The van der Waals surface area contributed by atoms with Gasteiger partial charge in [0.2, 0.25) is 5.56 Å². The van der Waals surface area contributed by atoms with Crippen molar-refractivity contribution < 1.29 is 4.79 Å². The van der Waals surface area contributed by atoms with Crippen molar-refractivity contribution in [2.75, 3.05) is 25.5 Å². The Morgan fingerprint density at radius 1 is 1.18 bits per heavy atom. The molecule has 2 N–H and O–H groups in total. The number of aromatic amines is 1. The summed E-state index contributed by atoms with van der Waals surface area (Å²) in [6.45, 7) is 0.243. The molecule has 0 bridgehead atoms. The van der Waals surface area contributed by atoms with Crippen LogP contribution in [0, 0.1) is 11.8 Å². The van der Waals surface area contributed by atoms with Crippen molar-refractivity contribution in [3.05, 3.63) is 64.1 Å². The number of nitrogens with zero attached hydrogens (tertiary/aromatic N) is 1. The smallest absolute Gasteiger partial charge is 0.253 e. The Bertz CT molecular complexity index is 744. The minimum Gasteiger partial charge on any atom is -0.378 e. The second-order valence-electron chi connectivity index (χ2n) is 4.87. The Balaban J connectivity index is 1.89. The summed E-state index contributed by atoms with van der Waals surface area (Å²) in [6.07, 6.45) is 1.38. The van der Waals surface area contributed by atoms with Crippen LogP contribution in [0.15, 0.2) is 47.4 Å². The van der Waals surface area contributed by atoms with E-state index in [2.05, 4.69) is 22.1 Å². The first-order valence-electron chi connectivity index (χ1n) is 6.79. The van der Waals surface area contributed by atoms with Crippen molar-refractivity contribution >= 4 is 11.6 Å². The number of pyridine rings is 1. The van der Waals surface area contributed by atoms with E-state index in [-0.39, 0.29) is 18.0 Å². The number of H-pyrrole nitrogens is 1. The third-order valence-corrected chi connectivity index (χ3v) is 3.00. The average molecular weight is 295 g/mol. The number of hydrogen-bond acceptors (Lipinski definition) is 3. The molecule has 2 aromatic rings. The highest BCUT2D eigenvalue weighted by Gasteiger charge is 2.02. The van der Waals surface area contributed by atoms with E-state index in [1.807, 2.05) is 43.3 Å². The molecule has 0 aliphatic heterocycles. The molecule has 22 heavy (non-hydrogen) atoms. The Kier molecular flexibility index (Phi) is 4.99. The summed E-state index contributed by atoms with van der Waals surface area (Å²) in [5, 5.41) is 2.68. The molecule has 5 heteroatoms. The van der Waals surface area contributed by atoms with Gasteiger partial charge in [-0.15, -0.1) is 0 Å². The van der Waals surface area contributed by atoms with Crippen molar-refractivity contribution in [1.82, 2.24) is 10.3 Å². The minimum atomic E-state index is -0.270. The van der Waals surface area contributed by atoms with E-state index in [1.54, 1.807) is 0 Å². The van der Waals surface area contributed by atoms with Crippen molar-refractivity contribution in [3.8, 4) is 11.8 Å². The van der Waals surface area contributed by atoms with Gasteiger partial charge in [-0.2, -0.15) is 0 Å². The van der Waals surface area contributed by atoms with Gasteiger partial charge in [0.15, 0.2) is 0 Å².